The number of hydrogen-bond acceptors (Lipinski definition) is 8. The van der Waals surface area contributed by atoms with Gasteiger partial charge in [0.05, 0.1) is 17.3 Å². The summed E-state index contributed by atoms with van der Waals surface area (Å²) in [6, 6.07) is 0.484. The average molecular weight is 633 g/mol. The lowest BCUT2D eigenvalue weighted by Gasteiger charge is -2.25. The van der Waals surface area contributed by atoms with E-state index in [1.807, 2.05) is 0 Å². The lowest BCUT2D eigenvalue weighted by molar-refractivity contribution is -0.145. The van der Waals surface area contributed by atoms with Gasteiger partial charge in [-0.3, -0.25) is 14.8 Å². The minimum atomic E-state index is -4.94. The Morgan fingerprint density at radius 1 is 1.05 bits per heavy atom. The van der Waals surface area contributed by atoms with Crippen molar-refractivity contribution in [2.24, 2.45) is 0 Å². The van der Waals surface area contributed by atoms with Crippen molar-refractivity contribution in [1.29, 1.82) is 0 Å². The molecule has 1 aliphatic heterocycles. The maximum Gasteiger partial charge on any atom is 0.451 e. The van der Waals surface area contributed by atoms with Crippen molar-refractivity contribution in [2.75, 3.05) is 0 Å². The van der Waals surface area contributed by atoms with E-state index in [9.17, 15) is 43.9 Å². The van der Waals surface area contributed by atoms with E-state index in [0.717, 1.165) is 24.5 Å². The molecular formula is C25H19F7N6O4S. The van der Waals surface area contributed by atoms with E-state index in [0.29, 0.717) is 15.9 Å². The zero-order valence-corrected chi connectivity index (χ0v) is 22.5. The molecule has 1 saturated heterocycles. The van der Waals surface area contributed by atoms with Gasteiger partial charge in [0, 0.05) is 61.0 Å². The first-order valence-electron chi connectivity index (χ1n) is 12.3. The number of carbonyl (C=O) groups excluding carboxylic acids is 1. The zero-order valence-electron chi connectivity index (χ0n) is 21.7. The summed E-state index contributed by atoms with van der Waals surface area (Å²) in [5.74, 6) is -2.55. The van der Waals surface area contributed by atoms with Gasteiger partial charge in [-0.25, -0.2) is 22.8 Å². The third kappa shape index (κ3) is 5.88. The average Bonchev–Trinajstić information content (AvgIpc) is 3.52. The van der Waals surface area contributed by atoms with E-state index in [1.165, 1.54) is 25.4 Å². The number of aromatic nitrogens is 4. The van der Waals surface area contributed by atoms with Gasteiger partial charge < -0.3 is 9.73 Å². The van der Waals surface area contributed by atoms with Crippen molar-refractivity contribution in [1.82, 2.24) is 29.6 Å². The minimum absolute atomic E-state index is 0.141. The first-order valence-corrected chi connectivity index (χ1v) is 13.8. The summed E-state index contributed by atoms with van der Waals surface area (Å²) >= 11 is 0. The molecule has 1 amide bonds. The highest BCUT2D eigenvalue weighted by Gasteiger charge is 2.50. The SMILES string of the molecule is C[C@@H]1[C@H](F)C[C@H](C(=O)NCc2cc(-c3cnc(C(F)(F)F)nc3)ncc2C(F)(F)F)N1S(=O)(=O)c1cc2cnccc2o1. The second kappa shape index (κ2) is 10.8. The number of hydrogen-bond donors (Lipinski definition) is 1. The monoisotopic (exact) mass is 632 g/mol. The summed E-state index contributed by atoms with van der Waals surface area (Å²) in [7, 11) is -4.59. The van der Waals surface area contributed by atoms with Crippen LogP contribution in [0.2, 0.25) is 0 Å². The van der Waals surface area contributed by atoms with E-state index in [1.54, 1.807) is 0 Å². The maximum absolute atomic E-state index is 14.8. The largest absolute Gasteiger partial charge is 0.451 e. The number of rotatable bonds is 6. The predicted molar refractivity (Wildman–Crippen MR) is 133 cm³/mol. The van der Waals surface area contributed by atoms with E-state index in [4.69, 9.17) is 4.42 Å². The van der Waals surface area contributed by atoms with E-state index < -0.39 is 81.5 Å². The van der Waals surface area contributed by atoms with Gasteiger partial charge in [0.1, 0.15) is 17.8 Å². The molecule has 5 heterocycles. The van der Waals surface area contributed by atoms with Gasteiger partial charge in [0.15, 0.2) is 0 Å². The standard InChI is InChI=1S/C25H19F7N6O4S/c1-12-17(26)6-19(38(12)43(40,41)21-5-14-7-33-3-2-20(14)42-21)22(39)35-8-13-4-18(34-11-16(13)24(27,28)29)15-9-36-23(37-10-15)25(30,31)32/h2-5,7,9-12,17,19H,6,8H2,1H3,(H,35,39)/t12-,17-,19-/m1/s1. The molecule has 0 saturated carbocycles. The van der Waals surface area contributed by atoms with Crippen LogP contribution in [-0.2, 0) is 33.7 Å². The summed E-state index contributed by atoms with van der Waals surface area (Å²) in [5, 5.41) is 1.98. The van der Waals surface area contributed by atoms with Crippen LogP contribution < -0.4 is 5.32 Å². The zero-order chi connectivity index (χ0) is 31.3. The summed E-state index contributed by atoms with van der Waals surface area (Å²) in [6.07, 6.45) is -7.57. The molecule has 0 aromatic carbocycles. The van der Waals surface area contributed by atoms with Crippen molar-refractivity contribution >= 4 is 26.9 Å². The van der Waals surface area contributed by atoms with Crippen LogP contribution in [0.3, 0.4) is 0 Å². The molecule has 4 aromatic heterocycles. The fraction of sp³-hybridized carbons (Fsp3) is 0.320. The van der Waals surface area contributed by atoms with E-state index >= 15 is 0 Å². The summed E-state index contributed by atoms with van der Waals surface area (Å²) in [4.78, 5) is 27.0. The van der Waals surface area contributed by atoms with Gasteiger partial charge in [-0.05, 0) is 24.6 Å². The molecule has 3 atom stereocenters. The molecule has 0 radical (unpaired) electrons. The molecule has 0 spiro atoms. The van der Waals surface area contributed by atoms with Crippen LogP contribution in [0.4, 0.5) is 30.7 Å². The third-order valence-electron chi connectivity index (χ3n) is 6.76. The normalized spacial score (nSPS) is 20.0. The highest BCUT2D eigenvalue weighted by atomic mass is 32.2. The van der Waals surface area contributed by atoms with E-state index in [2.05, 4.69) is 25.3 Å². The van der Waals surface area contributed by atoms with Gasteiger partial charge in [-0.15, -0.1) is 0 Å². The van der Waals surface area contributed by atoms with Crippen molar-refractivity contribution in [2.45, 2.75) is 55.6 Å². The molecule has 1 N–H and O–H groups in total. The fourth-order valence-electron chi connectivity index (χ4n) is 4.62. The molecule has 5 rings (SSSR count). The van der Waals surface area contributed by atoms with Crippen LogP contribution in [0, 0.1) is 0 Å². The van der Waals surface area contributed by atoms with Crippen LogP contribution in [-0.4, -0.2) is 56.8 Å². The lowest BCUT2D eigenvalue weighted by Crippen LogP contribution is -2.48. The Bertz CT molecular complexity index is 1740. The Labute approximate surface area is 238 Å². The Kier molecular flexibility index (Phi) is 7.62. The minimum Gasteiger partial charge on any atom is -0.443 e. The summed E-state index contributed by atoms with van der Waals surface area (Å²) in [6.45, 7) is 0.430. The second-order valence-electron chi connectivity index (χ2n) is 9.56. The molecule has 10 nitrogen and oxygen atoms in total. The number of carbonyl (C=O) groups is 1. The summed E-state index contributed by atoms with van der Waals surface area (Å²) in [5.41, 5.74) is -2.02. The van der Waals surface area contributed by atoms with Crippen LogP contribution in [0.15, 0.2) is 58.7 Å². The number of halogens is 7. The van der Waals surface area contributed by atoms with Gasteiger partial charge in [0.25, 0.3) is 10.0 Å². The third-order valence-corrected chi connectivity index (χ3v) is 8.61. The highest BCUT2D eigenvalue weighted by molar-refractivity contribution is 7.89. The van der Waals surface area contributed by atoms with Crippen LogP contribution >= 0.6 is 0 Å². The number of fused-ring (bicyclic) bond motifs is 1. The van der Waals surface area contributed by atoms with Crippen molar-refractivity contribution in [3.63, 3.8) is 0 Å². The summed E-state index contributed by atoms with van der Waals surface area (Å²) < 4.78 is 127. The number of sulfonamides is 1. The number of pyridine rings is 2. The predicted octanol–water partition coefficient (Wildman–Crippen LogP) is 4.52. The Hall–Kier alpha value is -4.19. The van der Waals surface area contributed by atoms with Crippen LogP contribution in [0.5, 0.6) is 0 Å². The number of nitrogens with one attached hydrogen (secondary N) is 1. The maximum atomic E-state index is 14.8. The van der Waals surface area contributed by atoms with Gasteiger partial charge in [-0.1, -0.05) is 0 Å². The Balaban J connectivity index is 1.41. The fourth-order valence-corrected chi connectivity index (χ4v) is 6.39. The molecule has 1 fully saturated rings. The van der Waals surface area contributed by atoms with Gasteiger partial charge in [-0.2, -0.15) is 30.6 Å². The second-order valence-corrected chi connectivity index (χ2v) is 11.3. The van der Waals surface area contributed by atoms with Gasteiger partial charge >= 0.3 is 12.4 Å². The number of amides is 1. The quantitative estimate of drug-likeness (QED) is 0.307. The molecule has 0 unspecified atom stereocenters. The lowest BCUT2D eigenvalue weighted by atomic mass is 10.1. The highest BCUT2D eigenvalue weighted by Crippen LogP contribution is 2.36. The van der Waals surface area contributed by atoms with Crippen molar-refractivity contribution in [3.05, 3.63) is 66.1 Å². The topological polar surface area (TPSA) is 131 Å². The molecule has 0 bridgehead atoms. The smallest absolute Gasteiger partial charge is 0.443 e. The molecular weight excluding hydrogens is 613 g/mol. The van der Waals surface area contributed by atoms with E-state index in [-0.39, 0.29) is 16.8 Å². The molecule has 4 aromatic rings. The van der Waals surface area contributed by atoms with Crippen molar-refractivity contribution in [3.8, 4) is 11.3 Å². The van der Waals surface area contributed by atoms with Crippen LogP contribution in [0.1, 0.15) is 30.3 Å². The number of alkyl halides is 7. The Morgan fingerprint density at radius 3 is 2.37 bits per heavy atom. The molecule has 0 aliphatic carbocycles. The van der Waals surface area contributed by atoms with Crippen molar-refractivity contribution < 1.29 is 48.4 Å². The van der Waals surface area contributed by atoms with Crippen LogP contribution in [0.25, 0.3) is 22.2 Å². The number of nitrogens with zero attached hydrogens (tertiary/aromatic N) is 5. The molecule has 1 aliphatic rings. The Morgan fingerprint density at radius 2 is 1.74 bits per heavy atom. The van der Waals surface area contributed by atoms with Gasteiger partial charge in [0.2, 0.25) is 16.8 Å². The molecule has 228 valence electrons. The first-order chi connectivity index (χ1) is 20.1. The molecule has 18 heteroatoms. The molecule has 43 heavy (non-hydrogen) atoms. The first kappa shape index (κ1) is 30.3. The number of furan rings is 1.